The normalized spacial score (nSPS) is 27.4. The largest absolute Gasteiger partial charge is 0.348 e. The average Bonchev–Trinajstić information content (AvgIpc) is 2.45. The van der Waals surface area contributed by atoms with Crippen LogP contribution in [-0.2, 0) is 28.3 Å². The van der Waals surface area contributed by atoms with E-state index in [4.69, 9.17) is 21.4 Å². The molecule has 0 aromatic carbocycles. The van der Waals surface area contributed by atoms with Crippen LogP contribution in [0.2, 0.25) is 0 Å². The summed E-state index contributed by atoms with van der Waals surface area (Å²) in [5.41, 5.74) is 0. The Bertz CT molecular complexity index is 492. The summed E-state index contributed by atoms with van der Waals surface area (Å²) in [5.74, 6) is 0.250. The van der Waals surface area contributed by atoms with Crippen LogP contribution < -0.4 is 0 Å². The second-order valence-electron chi connectivity index (χ2n) is 4.60. The van der Waals surface area contributed by atoms with Gasteiger partial charge in [-0.05, 0) is 0 Å². The van der Waals surface area contributed by atoms with Crippen molar-refractivity contribution in [1.29, 1.82) is 0 Å². The van der Waals surface area contributed by atoms with Crippen LogP contribution in [0.1, 0.15) is 13.3 Å². The number of rotatable bonds is 9. The zero-order chi connectivity index (χ0) is 16.8. The summed E-state index contributed by atoms with van der Waals surface area (Å²) < 4.78 is 48.2. The molecule has 1 fully saturated rings. The van der Waals surface area contributed by atoms with E-state index in [0.29, 0.717) is 13.1 Å². The van der Waals surface area contributed by atoms with Crippen molar-refractivity contribution in [3.05, 3.63) is 0 Å². The fourth-order valence-electron chi connectivity index (χ4n) is 2.12. The number of nitrogens with zero attached hydrogens (tertiary/aromatic N) is 2. The molecule has 0 radical (unpaired) electrons. The van der Waals surface area contributed by atoms with Gasteiger partial charge in [0.15, 0.2) is 6.23 Å². The molecule has 12 heteroatoms. The maximum absolute atomic E-state index is 13.2. The lowest BCUT2D eigenvalue weighted by Gasteiger charge is -2.43. The minimum absolute atomic E-state index is 0.0473. The van der Waals surface area contributed by atoms with E-state index in [1.807, 2.05) is 0 Å². The van der Waals surface area contributed by atoms with Crippen molar-refractivity contribution in [3.63, 3.8) is 0 Å². The Kier molecular flexibility index (Phi) is 8.21. The van der Waals surface area contributed by atoms with Crippen molar-refractivity contribution in [2.75, 3.05) is 45.0 Å². The van der Waals surface area contributed by atoms with Crippen molar-refractivity contribution in [3.8, 4) is 0 Å². The highest BCUT2D eigenvalue weighted by molar-refractivity contribution is 7.85. The topological polar surface area (TPSA) is 106 Å². The molecule has 1 rings (SSSR count). The number of alkyl halides is 1. The van der Waals surface area contributed by atoms with Gasteiger partial charge in [0.2, 0.25) is 0 Å². The van der Waals surface area contributed by atoms with E-state index in [2.05, 4.69) is 9.07 Å². The summed E-state index contributed by atoms with van der Waals surface area (Å²) in [5, 5.41) is 9.02. The van der Waals surface area contributed by atoms with Crippen molar-refractivity contribution in [1.82, 2.24) is 9.34 Å². The third-order valence-corrected chi connectivity index (χ3v) is 6.67. The monoisotopic (exact) mass is 380 g/mol. The number of hydrogen-bond donors (Lipinski definition) is 1. The predicted octanol–water partition coefficient (Wildman–Crippen LogP) is 1.17. The molecule has 0 saturated carbocycles. The highest BCUT2D eigenvalue weighted by Crippen LogP contribution is 2.57. The molecule has 2 unspecified atom stereocenters. The molecular formula is C10H22ClN2O7PS. The molecule has 1 heterocycles. The van der Waals surface area contributed by atoms with Gasteiger partial charge in [-0.25, -0.2) is 9.56 Å². The van der Waals surface area contributed by atoms with E-state index in [9.17, 15) is 13.0 Å². The minimum atomic E-state index is -3.62. The smallest absolute Gasteiger partial charge is 0.306 e. The van der Waals surface area contributed by atoms with Gasteiger partial charge in [0.25, 0.3) is 10.1 Å². The number of hydrogen-bond acceptors (Lipinski definition) is 7. The lowest BCUT2D eigenvalue weighted by molar-refractivity contribution is -0.309. The van der Waals surface area contributed by atoms with Gasteiger partial charge in [-0.1, -0.05) is 6.92 Å². The van der Waals surface area contributed by atoms with Crippen LogP contribution in [0.5, 0.6) is 0 Å². The molecule has 2 atom stereocenters. The van der Waals surface area contributed by atoms with E-state index in [0.717, 1.165) is 6.26 Å². The Morgan fingerprint density at radius 3 is 2.73 bits per heavy atom. The van der Waals surface area contributed by atoms with Crippen LogP contribution in [-0.4, -0.2) is 74.2 Å². The molecule has 0 amide bonds. The molecule has 0 bridgehead atoms. The lowest BCUT2D eigenvalue weighted by Crippen LogP contribution is -2.46. The summed E-state index contributed by atoms with van der Waals surface area (Å²) in [7, 11) is -7.10. The van der Waals surface area contributed by atoms with E-state index < -0.39 is 24.0 Å². The molecule has 22 heavy (non-hydrogen) atoms. The Morgan fingerprint density at radius 1 is 1.55 bits per heavy atom. The molecule has 1 aliphatic rings. The maximum atomic E-state index is 13.2. The Balaban J connectivity index is 2.92. The Morgan fingerprint density at radius 2 is 2.23 bits per heavy atom. The maximum Gasteiger partial charge on any atom is 0.348 e. The molecule has 1 N–H and O–H groups in total. The van der Waals surface area contributed by atoms with Gasteiger partial charge in [0.1, 0.15) is 0 Å². The molecular weight excluding hydrogens is 359 g/mol. The van der Waals surface area contributed by atoms with Crippen LogP contribution in [0.3, 0.4) is 0 Å². The van der Waals surface area contributed by atoms with E-state index in [1.165, 1.54) is 4.67 Å². The second-order valence-corrected chi connectivity index (χ2v) is 8.94. The molecule has 0 aromatic rings. The first-order valence-electron chi connectivity index (χ1n) is 6.76. The first-order valence-corrected chi connectivity index (χ1v) is 10.6. The molecule has 0 aliphatic carbocycles. The molecule has 1 aliphatic heterocycles. The quantitative estimate of drug-likeness (QED) is 0.207. The van der Waals surface area contributed by atoms with Gasteiger partial charge in [0.05, 0.1) is 19.5 Å². The van der Waals surface area contributed by atoms with Crippen LogP contribution in [0.15, 0.2) is 0 Å². The predicted molar refractivity (Wildman–Crippen MR) is 81.1 cm³/mol. The molecule has 1 saturated heterocycles. The lowest BCUT2D eigenvalue weighted by atomic mass is 10.4. The van der Waals surface area contributed by atoms with Crippen molar-refractivity contribution in [2.24, 2.45) is 0 Å². The Hall–Kier alpha value is 0.230. The van der Waals surface area contributed by atoms with Gasteiger partial charge in [0, 0.05) is 31.9 Å². The van der Waals surface area contributed by atoms with Crippen LogP contribution in [0, 0.1) is 0 Å². The Labute approximate surface area is 135 Å². The highest BCUT2D eigenvalue weighted by Gasteiger charge is 2.45. The molecule has 9 nitrogen and oxygen atoms in total. The van der Waals surface area contributed by atoms with Crippen LogP contribution in [0.4, 0.5) is 0 Å². The summed E-state index contributed by atoms with van der Waals surface area (Å²) >= 11 is 5.72. The van der Waals surface area contributed by atoms with Gasteiger partial charge >= 0.3 is 7.67 Å². The fourth-order valence-corrected chi connectivity index (χ4v) is 5.33. The third-order valence-electron chi connectivity index (χ3n) is 3.09. The van der Waals surface area contributed by atoms with Crippen molar-refractivity contribution in [2.45, 2.75) is 19.6 Å². The average molecular weight is 381 g/mol. The molecule has 132 valence electrons. The molecule has 0 spiro atoms. The zero-order valence-corrected chi connectivity index (χ0v) is 15.0. The SMILES string of the molecule is CCN(CCCl)P1(=O)OCCC(OO)N1CCOS(C)(=O)=O. The zero-order valence-electron chi connectivity index (χ0n) is 12.6. The third kappa shape index (κ3) is 5.40. The van der Waals surface area contributed by atoms with Gasteiger partial charge in [-0.3, -0.25) is 14.0 Å². The fraction of sp³-hybridized carbons (Fsp3) is 1.00. The van der Waals surface area contributed by atoms with E-state index in [1.54, 1.807) is 11.6 Å². The number of halogens is 1. The summed E-state index contributed by atoms with van der Waals surface area (Å²) in [6, 6.07) is 0. The van der Waals surface area contributed by atoms with Crippen molar-refractivity contribution >= 4 is 29.4 Å². The summed E-state index contributed by atoms with van der Waals surface area (Å²) in [6.07, 6.45) is 0.343. The molecule has 0 aromatic heterocycles. The minimum Gasteiger partial charge on any atom is -0.306 e. The first-order chi connectivity index (χ1) is 10.3. The van der Waals surface area contributed by atoms with Gasteiger partial charge < -0.3 is 4.52 Å². The highest BCUT2D eigenvalue weighted by atomic mass is 35.5. The van der Waals surface area contributed by atoms with Crippen LogP contribution in [0.25, 0.3) is 0 Å². The van der Waals surface area contributed by atoms with Gasteiger partial charge in [-0.15, -0.1) is 11.6 Å². The summed E-state index contributed by atoms with van der Waals surface area (Å²) in [6.45, 7) is 2.39. The van der Waals surface area contributed by atoms with Crippen LogP contribution >= 0.6 is 19.3 Å². The van der Waals surface area contributed by atoms with Crippen molar-refractivity contribution < 1.29 is 31.8 Å². The first kappa shape index (κ1) is 20.3. The summed E-state index contributed by atoms with van der Waals surface area (Å²) in [4.78, 5) is 4.36. The van der Waals surface area contributed by atoms with E-state index >= 15 is 0 Å². The van der Waals surface area contributed by atoms with E-state index in [-0.39, 0.29) is 32.1 Å². The standard InChI is InChI=1S/C10H22ClN2O7PS/c1-3-12(6-5-11)21(15)13(7-9-19-22(2,16)17)10(20-14)4-8-18-21/h10,14H,3-9H2,1-2H3. The second kappa shape index (κ2) is 8.91. The van der Waals surface area contributed by atoms with Gasteiger partial charge in [-0.2, -0.15) is 13.1 Å².